The number of hydrogen-bond acceptors (Lipinski definition) is 7. The van der Waals surface area contributed by atoms with Crippen molar-refractivity contribution in [1.82, 2.24) is 19.9 Å². The first kappa shape index (κ1) is 21.1. The van der Waals surface area contributed by atoms with Crippen LogP contribution in [-0.2, 0) is 4.74 Å². The normalized spacial score (nSPS) is 17.6. The molecule has 168 valence electrons. The molecule has 0 unspecified atom stereocenters. The van der Waals surface area contributed by atoms with Crippen LogP contribution in [0.4, 0.5) is 16.0 Å². The van der Waals surface area contributed by atoms with Crippen molar-refractivity contribution in [3.8, 4) is 0 Å². The van der Waals surface area contributed by atoms with E-state index >= 15 is 0 Å². The largest absolute Gasteiger partial charge is 0.378 e. The summed E-state index contributed by atoms with van der Waals surface area (Å²) >= 11 is 5.81. The van der Waals surface area contributed by atoms with E-state index in [1.165, 1.54) is 31.2 Å². The lowest BCUT2D eigenvalue weighted by molar-refractivity contribution is -0.0180. The Bertz CT molecular complexity index is 1170. The molecule has 32 heavy (non-hydrogen) atoms. The van der Waals surface area contributed by atoms with Crippen LogP contribution in [0.3, 0.4) is 0 Å². The minimum Gasteiger partial charge on any atom is -0.378 e. The van der Waals surface area contributed by atoms with Crippen LogP contribution in [0.2, 0.25) is 5.02 Å². The van der Waals surface area contributed by atoms with Gasteiger partial charge in [-0.15, -0.1) is 0 Å². The van der Waals surface area contributed by atoms with E-state index in [1.807, 2.05) is 0 Å². The highest BCUT2D eigenvalue weighted by Gasteiger charge is 2.49. The average molecular weight is 460 g/mol. The molecule has 2 fully saturated rings. The molecule has 0 amide bonds. The van der Waals surface area contributed by atoms with Crippen LogP contribution in [0, 0.1) is 11.2 Å². The second kappa shape index (κ2) is 8.28. The van der Waals surface area contributed by atoms with Crippen molar-refractivity contribution in [3.63, 3.8) is 0 Å². The number of nitrogens with zero attached hydrogens (tertiary/aromatic N) is 4. The lowest BCUT2D eigenvalue weighted by Gasteiger charge is -2.36. The van der Waals surface area contributed by atoms with E-state index in [9.17, 15) is 9.60 Å². The number of H-pyrrole nitrogens is 1. The Kier molecular flexibility index (Phi) is 5.46. The van der Waals surface area contributed by atoms with Gasteiger partial charge < -0.3 is 15.0 Å². The minimum absolute atomic E-state index is 0.143. The second-order valence-corrected chi connectivity index (χ2v) is 8.50. The summed E-state index contributed by atoms with van der Waals surface area (Å²) in [5.74, 6) is -0.282. The van der Waals surface area contributed by atoms with Crippen LogP contribution in [0.15, 0.2) is 30.5 Å². The quantitative estimate of drug-likeness (QED) is 0.254. The predicted molar refractivity (Wildman–Crippen MR) is 119 cm³/mol. The van der Waals surface area contributed by atoms with Gasteiger partial charge in [-0.25, -0.2) is 14.4 Å². The van der Waals surface area contributed by atoms with E-state index in [0.717, 1.165) is 32.4 Å². The van der Waals surface area contributed by atoms with Crippen LogP contribution >= 0.6 is 11.6 Å². The van der Waals surface area contributed by atoms with Crippen LogP contribution in [0.5, 0.6) is 0 Å². The lowest BCUT2D eigenvalue weighted by atomic mass is 10.2. The summed E-state index contributed by atoms with van der Waals surface area (Å²) in [7, 11) is 0. The smallest absolute Gasteiger partial charge is 0.202 e. The average Bonchev–Trinajstić information content (AvgIpc) is 3.43. The van der Waals surface area contributed by atoms with E-state index in [2.05, 4.69) is 25.2 Å². The van der Waals surface area contributed by atoms with Crippen molar-refractivity contribution in [1.29, 1.82) is 5.41 Å². The van der Waals surface area contributed by atoms with Gasteiger partial charge in [0.25, 0.3) is 0 Å². The van der Waals surface area contributed by atoms with Crippen molar-refractivity contribution >= 4 is 40.2 Å². The van der Waals surface area contributed by atoms with E-state index in [1.54, 1.807) is 6.07 Å². The third-order valence-corrected chi connectivity index (χ3v) is 6.34. The maximum Gasteiger partial charge on any atom is 0.202 e. The van der Waals surface area contributed by atoms with Gasteiger partial charge in [0.05, 0.1) is 29.4 Å². The highest BCUT2D eigenvalue weighted by molar-refractivity contribution is 6.31. The van der Waals surface area contributed by atoms with E-state index in [4.69, 9.17) is 21.7 Å². The first-order chi connectivity index (χ1) is 15.5. The first-order valence-corrected chi connectivity index (χ1v) is 10.8. The fraction of sp³-hybridized carbons (Fsp3) is 0.381. The molecule has 1 saturated heterocycles. The topological polar surface area (TPSA) is 113 Å². The minimum atomic E-state index is -0.601. The summed E-state index contributed by atoms with van der Waals surface area (Å²) < 4.78 is 19.1. The summed E-state index contributed by atoms with van der Waals surface area (Å²) in [6.45, 7) is 4.09. The highest BCUT2D eigenvalue weighted by Crippen LogP contribution is 2.43. The maximum absolute atomic E-state index is 13.4. The number of hydrogen-bond donors (Lipinski definition) is 4. The van der Waals surface area contributed by atoms with Gasteiger partial charge in [-0.1, -0.05) is 11.6 Å². The molecule has 3 heterocycles. The number of benzene rings is 1. The van der Waals surface area contributed by atoms with Gasteiger partial charge in [0.15, 0.2) is 11.5 Å². The second-order valence-electron chi connectivity index (χ2n) is 8.09. The third-order valence-electron chi connectivity index (χ3n) is 6.06. The summed E-state index contributed by atoms with van der Waals surface area (Å²) in [5, 5.41) is 22.7. The number of anilines is 2. The number of pyridine rings is 1. The highest BCUT2D eigenvalue weighted by atomic mass is 35.5. The van der Waals surface area contributed by atoms with Gasteiger partial charge in [0, 0.05) is 36.9 Å². The molecule has 0 bridgehead atoms. The number of morpholine rings is 1. The molecule has 2 aromatic heterocycles. The Morgan fingerprint density at radius 2 is 2.25 bits per heavy atom. The zero-order valence-corrected chi connectivity index (χ0v) is 18.0. The molecule has 5 rings (SSSR count). The summed E-state index contributed by atoms with van der Waals surface area (Å²) in [4.78, 5) is 14.3. The van der Waals surface area contributed by atoms with Gasteiger partial charge >= 0.3 is 0 Å². The van der Waals surface area contributed by atoms with E-state index < -0.39 is 5.82 Å². The van der Waals surface area contributed by atoms with Gasteiger partial charge in [-0.05, 0) is 37.1 Å². The summed E-state index contributed by atoms with van der Waals surface area (Å²) in [5.41, 5.74) is 1.72. The Labute approximate surface area is 188 Å². The van der Waals surface area contributed by atoms with E-state index in [-0.39, 0.29) is 22.1 Å². The molecule has 0 atom stereocenters. The zero-order chi connectivity index (χ0) is 22.3. The number of fused-ring (bicyclic) bond motifs is 1. The standard InChI is InChI=1S/C21H23ClFN7O2/c22-15-11-13(1-2-16(15)23)30(31)18(24)14-3-6-25-19-17(14)27-20(28-19)26-7-8-29-9-10-32-12-21(29)4-5-21/h1-3,6,11,24,31H,4-5,7-10,12H2,(H2,25,26,27,28). The number of ether oxygens (including phenoxy) is 1. The Morgan fingerprint density at radius 1 is 1.41 bits per heavy atom. The molecule has 3 aromatic rings. The van der Waals surface area contributed by atoms with Gasteiger partial charge in [0.2, 0.25) is 5.95 Å². The molecule has 1 aliphatic carbocycles. The molecular weight excluding hydrogens is 437 g/mol. The number of halogens is 2. The Morgan fingerprint density at radius 3 is 3.03 bits per heavy atom. The monoisotopic (exact) mass is 459 g/mol. The number of rotatable bonds is 6. The number of aromatic amines is 1. The fourth-order valence-electron chi connectivity index (χ4n) is 4.08. The Hall–Kier alpha value is -2.79. The molecule has 9 nitrogen and oxygen atoms in total. The van der Waals surface area contributed by atoms with Crippen molar-refractivity contribution in [2.45, 2.75) is 18.4 Å². The molecule has 2 aliphatic rings. The number of amidine groups is 1. The van der Waals surface area contributed by atoms with Crippen LogP contribution in [-0.4, -0.2) is 69.3 Å². The van der Waals surface area contributed by atoms with Crippen LogP contribution in [0.25, 0.3) is 11.2 Å². The maximum atomic E-state index is 13.4. The molecular formula is C21H23ClFN7O2. The zero-order valence-electron chi connectivity index (χ0n) is 17.2. The van der Waals surface area contributed by atoms with Crippen LogP contribution in [0.1, 0.15) is 18.4 Å². The number of imidazole rings is 1. The fourth-order valence-corrected chi connectivity index (χ4v) is 4.26. The number of nitrogens with one attached hydrogen (secondary N) is 3. The van der Waals surface area contributed by atoms with Crippen molar-refractivity contribution in [2.75, 3.05) is 43.2 Å². The third kappa shape index (κ3) is 3.90. The lowest BCUT2D eigenvalue weighted by Crippen LogP contribution is -2.49. The van der Waals surface area contributed by atoms with Gasteiger partial charge in [0.1, 0.15) is 5.82 Å². The molecule has 1 saturated carbocycles. The predicted octanol–water partition coefficient (Wildman–Crippen LogP) is 3.25. The number of hydroxylamine groups is 1. The Balaban J connectivity index is 1.30. The van der Waals surface area contributed by atoms with Crippen molar-refractivity contribution in [2.24, 2.45) is 0 Å². The summed E-state index contributed by atoms with van der Waals surface area (Å²) in [6.07, 6.45) is 3.89. The van der Waals surface area contributed by atoms with Crippen molar-refractivity contribution < 1.29 is 14.3 Å². The molecule has 4 N–H and O–H groups in total. The van der Waals surface area contributed by atoms with Crippen molar-refractivity contribution in [3.05, 3.63) is 46.9 Å². The van der Waals surface area contributed by atoms with Crippen LogP contribution < -0.4 is 10.4 Å². The molecule has 11 heteroatoms. The SMILES string of the molecule is N=C(c1ccnc2nc(NCCN3CCOCC34CC4)[nH]c12)N(O)c1ccc(F)c(Cl)c1. The molecule has 1 spiro atoms. The van der Waals surface area contributed by atoms with Gasteiger partial charge in [-0.2, -0.15) is 4.98 Å². The molecule has 0 radical (unpaired) electrons. The molecule has 1 aliphatic heterocycles. The number of aromatic nitrogens is 3. The van der Waals surface area contributed by atoms with E-state index in [0.29, 0.717) is 34.3 Å². The summed E-state index contributed by atoms with van der Waals surface area (Å²) in [6, 6.07) is 5.33. The van der Waals surface area contributed by atoms with Gasteiger partial charge in [-0.3, -0.25) is 15.5 Å². The molecule has 1 aromatic carbocycles. The first-order valence-electron chi connectivity index (χ1n) is 10.4.